The summed E-state index contributed by atoms with van der Waals surface area (Å²) in [5.41, 5.74) is 2.44. The van der Waals surface area contributed by atoms with E-state index in [1.165, 1.54) is 16.3 Å². The van der Waals surface area contributed by atoms with Crippen LogP contribution in [0.25, 0.3) is 10.8 Å². The van der Waals surface area contributed by atoms with Crippen molar-refractivity contribution < 1.29 is 9.84 Å². The summed E-state index contributed by atoms with van der Waals surface area (Å²) < 4.78 is 6.09. The van der Waals surface area contributed by atoms with E-state index in [-0.39, 0.29) is 0 Å². The minimum absolute atomic E-state index is 0.456. The molecule has 3 nitrogen and oxygen atoms in total. The van der Waals surface area contributed by atoms with E-state index in [1.807, 2.05) is 6.07 Å². The van der Waals surface area contributed by atoms with Crippen LogP contribution in [-0.4, -0.2) is 35.7 Å². The smallest absolute Gasteiger partial charge is 0.120 e. The molecule has 1 aliphatic carbocycles. The van der Waals surface area contributed by atoms with Crippen LogP contribution in [0.2, 0.25) is 0 Å². The highest BCUT2D eigenvalue weighted by molar-refractivity contribution is 5.83. The first-order chi connectivity index (χ1) is 13.7. The second kappa shape index (κ2) is 8.66. The summed E-state index contributed by atoms with van der Waals surface area (Å²) in [4.78, 5) is 2.56. The van der Waals surface area contributed by atoms with E-state index in [0.717, 1.165) is 50.1 Å². The molecule has 28 heavy (non-hydrogen) atoms. The van der Waals surface area contributed by atoms with Crippen molar-refractivity contribution in [2.24, 2.45) is 0 Å². The number of fused-ring (bicyclic) bond motifs is 2. The molecule has 146 valence electrons. The number of phenolic OH excluding ortho intramolecular Hbond substituents is 1. The maximum atomic E-state index is 10.1. The quantitative estimate of drug-likeness (QED) is 0.616. The van der Waals surface area contributed by atoms with Crippen LogP contribution in [-0.2, 0) is 12.8 Å². The lowest BCUT2D eigenvalue weighted by atomic mass is 9.87. The molecule has 0 heterocycles. The first-order valence-electron chi connectivity index (χ1n) is 10.4. The van der Waals surface area contributed by atoms with Crippen molar-refractivity contribution in [3.05, 3.63) is 71.8 Å². The number of nitrogens with zero attached hydrogens (tertiary/aromatic N) is 1. The molecule has 1 N–H and O–H groups in total. The Hall–Kier alpha value is -2.52. The van der Waals surface area contributed by atoms with Crippen molar-refractivity contribution in [3.8, 4) is 11.5 Å². The lowest BCUT2D eigenvalue weighted by Gasteiger charge is -2.35. The van der Waals surface area contributed by atoms with Gasteiger partial charge in [0.15, 0.2) is 0 Å². The van der Waals surface area contributed by atoms with E-state index in [4.69, 9.17) is 4.74 Å². The first kappa shape index (κ1) is 18.8. The van der Waals surface area contributed by atoms with E-state index in [9.17, 15) is 5.11 Å². The van der Waals surface area contributed by atoms with Crippen LogP contribution >= 0.6 is 0 Å². The molecule has 0 spiro atoms. The van der Waals surface area contributed by atoms with E-state index in [0.29, 0.717) is 18.4 Å². The van der Waals surface area contributed by atoms with Gasteiger partial charge in [-0.15, -0.1) is 0 Å². The molecule has 4 rings (SSSR count). The standard InChI is InChI=1S/C25H29NO2/c1-2-14-26(22-11-13-24-21(17-22)8-5-9-25(24)27)15-16-28-23-12-10-19-6-3-4-7-20(19)18-23/h3-10,12,18,22,27H,2,11,13-17H2,1H3. The van der Waals surface area contributed by atoms with Crippen LogP contribution in [0.1, 0.15) is 30.9 Å². The summed E-state index contributed by atoms with van der Waals surface area (Å²) in [7, 11) is 0. The van der Waals surface area contributed by atoms with Gasteiger partial charge in [0.1, 0.15) is 18.1 Å². The molecule has 0 aliphatic heterocycles. The van der Waals surface area contributed by atoms with E-state index in [2.05, 4.69) is 60.4 Å². The minimum atomic E-state index is 0.456. The molecule has 0 fully saturated rings. The fraction of sp³-hybridized carbons (Fsp3) is 0.360. The number of aromatic hydroxyl groups is 1. The Morgan fingerprint density at radius 1 is 1.00 bits per heavy atom. The Kier molecular flexibility index (Phi) is 5.82. The van der Waals surface area contributed by atoms with Crippen LogP contribution < -0.4 is 4.74 Å². The summed E-state index contributed by atoms with van der Waals surface area (Å²) >= 11 is 0. The molecule has 0 radical (unpaired) electrons. The second-order valence-corrected chi connectivity index (χ2v) is 7.70. The summed E-state index contributed by atoms with van der Waals surface area (Å²) in [5, 5.41) is 12.6. The van der Waals surface area contributed by atoms with Crippen molar-refractivity contribution in [2.45, 2.75) is 38.6 Å². The van der Waals surface area contributed by atoms with Crippen LogP contribution in [0.3, 0.4) is 0 Å². The van der Waals surface area contributed by atoms with Crippen LogP contribution in [0.15, 0.2) is 60.7 Å². The molecule has 1 atom stereocenters. The summed E-state index contributed by atoms with van der Waals surface area (Å²) in [6.07, 6.45) is 4.21. The number of hydrogen-bond donors (Lipinski definition) is 1. The van der Waals surface area contributed by atoms with Crippen molar-refractivity contribution in [2.75, 3.05) is 19.7 Å². The van der Waals surface area contributed by atoms with E-state index in [1.54, 1.807) is 6.07 Å². The monoisotopic (exact) mass is 375 g/mol. The summed E-state index contributed by atoms with van der Waals surface area (Å²) in [6.45, 7) is 4.95. The third kappa shape index (κ3) is 4.15. The Morgan fingerprint density at radius 2 is 1.86 bits per heavy atom. The second-order valence-electron chi connectivity index (χ2n) is 7.70. The average molecular weight is 376 g/mol. The summed E-state index contributed by atoms with van der Waals surface area (Å²) in [5.74, 6) is 1.40. The van der Waals surface area contributed by atoms with Gasteiger partial charge in [-0.1, -0.05) is 49.4 Å². The highest BCUT2D eigenvalue weighted by Gasteiger charge is 2.25. The fourth-order valence-electron chi connectivity index (χ4n) is 4.38. The van der Waals surface area contributed by atoms with Crippen molar-refractivity contribution in [3.63, 3.8) is 0 Å². The molecule has 3 heteroatoms. The zero-order chi connectivity index (χ0) is 19.3. The fourth-order valence-corrected chi connectivity index (χ4v) is 4.38. The SMILES string of the molecule is CCCN(CCOc1ccc2ccccc2c1)C1CCc2c(O)cccc2C1. The average Bonchev–Trinajstić information content (AvgIpc) is 2.73. The maximum Gasteiger partial charge on any atom is 0.120 e. The maximum absolute atomic E-state index is 10.1. The lowest BCUT2D eigenvalue weighted by Crippen LogP contribution is -2.42. The van der Waals surface area contributed by atoms with Crippen LogP contribution in [0, 0.1) is 0 Å². The minimum Gasteiger partial charge on any atom is -0.508 e. The third-order valence-corrected chi connectivity index (χ3v) is 5.83. The molecule has 0 amide bonds. The Morgan fingerprint density at radius 3 is 2.71 bits per heavy atom. The van der Waals surface area contributed by atoms with Crippen LogP contribution in [0.4, 0.5) is 0 Å². The Bertz CT molecular complexity index is 937. The topological polar surface area (TPSA) is 32.7 Å². The van der Waals surface area contributed by atoms with Gasteiger partial charge in [0.2, 0.25) is 0 Å². The van der Waals surface area contributed by atoms with Gasteiger partial charge < -0.3 is 9.84 Å². The van der Waals surface area contributed by atoms with Gasteiger partial charge in [0, 0.05) is 12.6 Å². The number of phenols is 1. The van der Waals surface area contributed by atoms with Crippen molar-refractivity contribution in [1.29, 1.82) is 0 Å². The van der Waals surface area contributed by atoms with Gasteiger partial charge in [-0.05, 0) is 72.3 Å². The van der Waals surface area contributed by atoms with Crippen molar-refractivity contribution >= 4 is 10.8 Å². The molecule has 3 aromatic carbocycles. The molecular weight excluding hydrogens is 346 g/mol. The largest absolute Gasteiger partial charge is 0.508 e. The van der Waals surface area contributed by atoms with Gasteiger partial charge >= 0.3 is 0 Å². The molecular formula is C25H29NO2. The zero-order valence-electron chi connectivity index (χ0n) is 16.6. The van der Waals surface area contributed by atoms with Gasteiger partial charge in [-0.2, -0.15) is 0 Å². The van der Waals surface area contributed by atoms with E-state index >= 15 is 0 Å². The predicted molar refractivity (Wildman–Crippen MR) is 115 cm³/mol. The van der Waals surface area contributed by atoms with Crippen LogP contribution in [0.5, 0.6) is 11.5 Å². The Labute approximate surface area is 167 Å². The number of ether oxygens (including phenoxy) is 1. The van der Waals surface area contributed by atoms with Gasteiger partial charge in [-0.3, -0.25) is 4.90 Å². The normalized spacial score (nSPS) is 16.3. The number of rotatable bonds is 7. The molecule has 3 aromatic rings. The van der Waals surface area contributed by atoms with Gasteiger partial charge in [0.25, 0.3) is 0 Å². The third-order valence-electron chi connectivity index (χ3n) is 5.83. The highest BCUT2D eigenvalue weighted by atomic mass is 16.5. The molecule has 0 bridgehead atoms. The number of benzene rings is 3. The van der Waals surface area contributed by atoms with Gasteiger partial charge in [-0.25, -0.2) is 0 Å². The van der Waals surface area contributed by atoms with Gasteiger partial charge in [0.05, 0.1) is 0 Å². The molecule has 0 saturated carbocycles. The highest BCUT2D eigenvalue weighted by Crippen LogP contribution is 2.30. The zero-order valence-corrected chi connectivity index (χ0v) is 16.6. The first-order valence-corrected chi connectivity index (χ1v) is 10.4. The van der Waals surface area contributed by atoms with E-state index < -0.39 is 0 Å². The lowest BCUT2D eigenvalue weighted by molar-refractivity contribution is 0.147. The predicted octanol–water partition coefficient (Wildman–Crippen LogP) is 5.19. The molecule has 0 aromatic heterocycles. The molecule has 1 aliphatic rings. The summed E-state index contributed by atoms with van der Waals surface area (Å²) in [6, 6.07) is 21.1. The number of hydrogen-bond acceptors (Lipinski definition) is 3. The molecule has 1 unspecified atom stereocenters. The Balaban J connectivity index is 1.38. The van der Waals surface area contributed by atoms with Crippen molar-refractivity contribution in [1.82, 2.24) is 4.90 Å². The molecule has 0 saturated heterocycles.